The van der Waals surface area contributed by atoms with Gasteiger partial charge in [0.25, 0.3) is 0 Å². The third kappa shape index (κ3) is 3.81. The highest BCUT2D eigenvalue weighted by atomic mass is 32.1. The van der Waals surface area contributed by atoms with Crippen LogP contribution in [0.2, 0.25) is 0 Å². The largest absolute Gasteiger partial charge is 0.356 e. The van der Waals surface area contributed by atoms with Crippen molar-refractivity contribution in [1.29, 1.82) is 0 Å². The fraction of sp³-hybridized carbons (Fsp3) is 0.235. The van der Waals surface area contributed by atoms with E-state index in [0.717, 1.165) is 5.69 Å². The first-order valence-electron chi connectivity index (χ1n) is 6.76. The molecular weight excluding hydrogens is 264 g/mol. The molecule has 20 heavy (non-hydrogen) atoms. The van der Waals surface area contributed by atoms with Crippen molar-refractivity contribution in [3.63, 3.8) is 0 Å². The molecule has 0 amide bonds. The first kappa shape index (κ1) is 14.5. The van der Waals surface area contributed by atoms with Crippen LogP contribution in [-0.2, 0) is 0 Å². The second-order valence-electron chi connectivity index (χ2n) is 5.05. The van der Waals surface area contributed by atoms with Crippen LogP contribution in [0.4, 0.5) is 5.69 Å². The molecule has 0 radical (unpaired) electrons. The van der Waals surface area contributed by atoms with Gasteiger partial charge >= 0.3 is 0 Å². The van der Waals surface area contributed by atoms with E-state index in [9.17, 15) is 0 Å². The van der Waals surface area contributed by atoms with Gasteiger partial charge in [0.05, 0.1) is 6.04 Å². The Morgan fingerprint density at radius 3 is 2.45 bits per heavy atom. The number of benzene rings is 2. The van der Waals surface area contributed by atoms with Crippen molar-refractivity contribution in [2.45, 2.75) is 26.8 Å². The number of hydrogen-bond donors (Lipinski definition) is 2. The van der Waals surface area contributed by atoms with E-state index in [1.807, 2.05) is 30.3 Å². The molecule has 0 aliphatic heterocycles. The van der Waals surface area contributed by atoms with E-state index < -0.39 is 0 Å². The van der Waals surface area contributed by atoms with Crippen LogP contribution < -0.4 is 10.6 Å². The molecule has 2 nitrogen and oxygen atoms in total. The Morgan fingerprint density at radius 1 is 1.05 bits per heavy atom. The van der Waals surface area contributed by atoms with Gasteiger partial charge in [-0.1, -0.05) is 42.0 Å². The van der Waals surface area contributed by atoms with E-state index in [0.29, 0.717) is 5.11 Å². The van der Waals surface area contributed by atoms with Crippen LogP contribution in [-0.4, -0.2) is 5.11 Å². The zero-order valence-corrected chi connectivity index (χ0v) is 12.9. The molecule has 1 unspecified atom stereocenters. The summed E-state index contributed by atoms with van der Waals surface area (Å²) in [6.07, 6.45) is 0. The second-order valence-corrected chi connectivity index (χ2v) is 5.45. The van der Waals surface area contributed by atoms with Crippen molar-refractivity contribution in [2.75, 3.05) is 5.32 Å². The van der Waals surface area contributed by atoms with Gasteiger partial charge in [0, 0.05) is 5.69 Å². The van der Waals surface area contributed by atoms with Gasteiger partial charge < -0.3 is 10.6 Å². The van der Waals surface area contributed by atoms with E-state index >= 15 is 0 Å². The Balaban J connectivity index is 2.02. The molecule has 0 saturated heterocycles. The van der Waals surface area contributed by atoms with Crippen LogP contribution in [0.1, 0.15) is 29.7 Å². The van der Waals surface area contributed by atoms with Gasteiger partial charge in [-0.25, -0.2) is 0 Å². The van der Waals surface area contributed by atoms with Gasteiger partial charge in [0.1, 0.15) is 0 Å². The summed E-state index contributed by atoms with van der Waals surface area (Å²) >= 11 is 5.37. The number of anilines is 1. The van der Waals surface area contributed by atoms with Crippen LogP contribution >= 0.6 is 12.2 Å². The van der Waals surface area contributed by atoms with E-state index in [4.69, 9.17) is 12.2 Å². The molecule has 2 rings (SSSR count). The Kier molecular flexibility index (Phi) is 4.74. The van der Waals surface area contributed by atoms with E-state index in [1.54, 1.807) is 0 Å². The molecule has 2 aromatic carbocycles. The Hall–Kier alpha value is -1.87. The molecule has 1 atom stereocenters. The van der Waals surface area contributed by atoms with Crippen molar-refractivity contribution < 1.29 is 0 Å². The average molecular weight is 284 g/mol. The molecule has 0 saturated carbocycles. The third-order valence-electron chi connectivity index (χ3n) is 3.28. The van der Waals surface area contributed by atoms with Gasteiger partial charge in [0.15, 0.2) is 5.11 Å². The molecule has 3 heteroatoms. The van der Waals surface area contributed by atoms with Crippen LogP contribution in [0.3, 0.4) is 0 Å². The summed E-state index contributed by atoms with van der Waals surface area (Å²) in [7, 11) is 0. The molecule has 0 bridgehead atoms. The minimum atomic E-state index is 0.179. The van der Waals surface area contributed by atoms with Crippen molar-refractivity contribution >= 4 is 23.0 Å². The first-order chi connectivity index (χ1) is 9.56. The zero-order chi connectivity index (χ0) is 14.5. The summed E-state index contributed by atoms with van der Waals surface area (Å²) in [5.41, 5.74) is 4.82. The van der Waals surface area contributed by atoms with Gasteiger partial charge in [0.2, 0.25) is 0 Å². The quantitative estimate of drug-likeness (QED) is 0.819. The predicted molar refractivity (Wildman–Crippen MR) is 90.1 cm³/mol. The minimum Gasteiger partial charge on any atom is -0.356 e. The molecule has 0 aliphatic carbocycles. The Bertz CT molecular complexity index is 593. The standard InChI is InChI=1S/C17H20N2S/c1-12-9-10-13(2)16(11-12)14(3)18-17(20)19-15-7-5-4-6-8-15/h4-11,14H,1-3H3,(H2,18,19,20). The number of nitrogens with one attached hydrogen (secondary N) is 2. The number of thiocarbonyl (C=S) groups is 1. The number of rotatable bonds is 3. The lowest BCUT2D eigenvalue weighted by Crippen LogP contribution is -2.31. The van der Waals surface area contributed by atoms with Gasteiger partial charge in [-0.3, -0.25) is 0 Å². The topological polar surface area (TPSA) is 24.1 Å². The smallest absolute Gasteiger partial charge is 0.171 e. The summed E-state index contributed by atoms with van der Waals surface area (Å²) < 4.78 is 0. The minimum absolute atomic E-state index is 0.179. The molecular formula is C17H20N2S. The maximum absolute atomic E-state index is 5.37. The molecule has 0 spiro atoms. The monoisotopic (exact) mass is 284 g/mol. The van der Waals surface area contributed by atoms with Crippen molar-refractivity contribution in [3.05, 3.63) is 65.2 Å². The van der Waals surface area contributed by atoms with E-state index in [1.165, 1.54) is 16.7 Å². The highest BCUT2D eigenvalue weighted by Gasteiger charge is 2.09. The first-order valence-corrected chi connectivity index (χ1v) is 7.17. The normalized spacial score (nSPS) is 11.8. The fourth-order valence-corrected chi connectivity index (χ4v) is 2.48. The SMILES string of the molecule is Cc1ccc(C)c(C(C)NC(=S)Nc2ccccc2)c1. The average Bonchev–Trinajstić information content (AvgIpc) is 2.42. The van der Waals surface area contributed by atoms with E-state index in [-0.39, 0.29) is 6.04 Å². The molecule has 0 fully saturated rings. The molecule has 2 aromatic rings. The summed E-state index contributed by atoms with van der Waals surface area (Å²) in [6, 6.07) is 16.6. The second kappa shape index (κ2) is 6.53. The van der Waals surface area contributed by atoms with Crippen LogP contribution in [0.15, 0.2) is 48.5 Å². The summed E-state index contributed by atoms with van der Waals surface area (Å²) in [6.45, 7) is 6.36. The van der Waals surface area contributed by atoms with Crippen molar-refractivity contribution in [3.8, 4) is 0 Å². The molecule has 0 heterocycles. The lowest BCUT2D eigenvalue weighted by molar-refractivity contribution is 0.716. The van der Waals surface area contributed by atoms with Gasteiger partial charge in [-0.2, -0.15) is 0 Å². The van der Waals surface area contributed by atoms with Crippen LogP contribution in [0, 0.1) is 13.8 Å². The number of hydrogen-bond acceptors (Lipinski definition) is 1. The van der Waals surface area contributed by atoms with Crippen molar-refractivity contribution in [2.24, 2.45) is 0 Å². The maximum atomic E-state index is 5.37. The zero-order valence-electron chi connectivity index (χ0n) is 12.1. The van der Waals surface area contributed by atoms with Crippen molar-refractivity contribution in [1.82, 2.24) is 5.32 Å². The summed E-state index contributed by atoms with van der Waals surface area (Å²) in [4.78, 5) is 0. The summed E-state index contributed by atoms with van der Waals surface area (Å²) in [5.74, 6) is 0. The maximum Gasteiger partial charge on any atom is 0.171 e. The highest BCUT2D eigenvalue weighted by molar-refractivity contribution is 7.80. The summed E-state index contributed by atoms with van der Waals surface area (Å²) in [5, 5.41) is 7.17. The van der Waals surface area contributed by atoms with Crippen LogP contribution in [0.5, 0.6) is 0 Å². The lowest BCUT2D eigenvalue weighted by Gasteiger charge is -2.19. The van der Waals surface area contributed by atoms with Gasteiger partial charge in [-0.15, -0.1) is 0 Å². The highest BCUT2D eigenvalue weighted by Crippen LogP contribution is 2.19. The molecule has 0 aliphatic rings. The Labute approximate surface area is 126 Å². The molecule has 0 aromatic heterocycles. The number of para-hydroxylation sites is 1. The molecule has 104 valence electrons. The van der Waals surface area contributed by atoms with E-state index in [2.05, 4.69) is 49.6 Å². The fourth-order valence-electron chi connectivity index (χ4n) is 2.19. The molecule has 2 N–H and O–H groups in total. The van der Waals surface area contributed by atoms with Crippen LogP contribution in [0.25, 0.3) is 0 Å². The number of aryl methyl sites for hydroxylation is 2. The lowest BCUT2D eigenvalue weighted by atomic mass is 10.0. The third-order valence-corrected chi connectivity index (χ3v) is 3.50. The van der Waals surface area contributed by atoms with Gasteiger partial charge in [-0.05, 0) is 56.2 Å². The predicted octanol–water partition coefficient (Wildman–Crippen LogP) is 4.35. The Morgan fingerprint density at radius 2 is 1.75 bits per heavy atom.